The van der Waals surface area contributed by atoms with E-state index in [1.54, 1.807) is 13.8 Å². The summed E-state index contributed by atoms with van der Waals surface area (Å²) >= 11 is 1.30. The molecule has 0 N–H and O–H groups in total. The molecule has 0 aromatic heterocycles. The molecule has 4 nitrogen and oxygen atoms in total. The zero-order chi connectivity index (χ0) is 11.2. The van der Waals surface area contributed by atoms with Gasteiger partial charge in [0, 0.05) is 12.0 Å². The Labute approximate surface area is 89.3 Å². The summed E-state index contributed by atoms with van der Waals surface area (Å²) in [4.78, 5) is 11.1. The number of carbonyl (C=O) groups excluding carboxylic acids is 1. The molecule has 0 rings (SSSR count). The van der Waals surface area contributed by atoms with Gasteiger partial charge in [-0.25, -0.2) is 8.42 Å². The molecule has 0 aliphatic heterocycles. The summed E-state index contributed by atoms with van der Waals surface area (Å²) in [6, 6.07) is 0. The van der Waals surface area contributed by atoms with E-state index >= 15 is 0 Å². The average Bonchev–Trinajstić information content (AvgIpc) is 2.02. The van der Waals surface area contributed by atoms with Gasteiger partial charge in [-0.15, -0.1) is 11.8 Å². The summed E-state index contributed by atoms with van der Waals surface area (Å²) in [5.74, 6) is 0.242. The SMILES string of the molecule is CCOC(=O)C(C)SCCS(C)(=O)=O. The molecule has 0 aromatic carbocycles. The molecule has 0 radical (unpaired) electrons. The highest BCUT2D eigenvalue weighted by atomic mass is 32.2. The van der Waals surface area contributed by atoms with Crippen molar-refractivity contribution in [2.24, 2.45) is 0 Å². The van der Waals surface area contributed by atoms with E-state index in [0.717, 1.165) is 0 Å². The highest BCUT2D eigenvalue weighted by molar-refractivity contribution is 8.01. The molecule has 0 amide bonds. The molecule has 0 bridgehead atoms. The van der Waals surface area contributed by atoms with Gasteiger partial charge in [-0.1, -0.05) is 0 Å². The smallest absolute Gasteiger partial charge is 0.318 e. The molecule has 0 fully saturated rings. The van der Waals surface area contributed by atoms with Crippen molar-refractivity contribution in [3.05, 3.63) is 0 Å². The van der Waals surface area contributed by atoms with E-state index in [0.29, 0.717) is 12.4 Å². The lowest BCUT2D eigenvalue weighted by Gasteiger charge is -2.09. The van der Waals surface area contributed by atoms with Crippen LogP contribution < -0.4 is 0 Å². The largest absolute Gasteiger partial charge is 0.465 e. The minimum atomic E-state index is -2.93. The number of hydrogen-bond donors (Lipinski definition) is 0. The number of carbonyl (C=O) groups is 1. The Kier molecular flexibility index (Phi) is 6.19. The van der Waals surface area contributed by atoms with Crippen molar-refractivity contribution in [2.75, 3.05) is 24.4 Å². The summed E-state index contributed by atoms with van der Waals surface area (Å²) in [5, 5.41) is -0.295. The number of esters is 1. The minimum Gasteiger partial charge on any atom is -0.465 e. The molecule has 0 aliphatic rings. The van der Waals surface area contributed by atoms with E-state index in [4.69, 9.17) is 4.74 Å². The topological polar surface area (TPSA) is 60.4 Å². The quantitative estimate of drug-likeness (QED) is 0.640. The number of rotatable bonds is 6. The fourth-order valence-electron chi connectivity index (χ4n) is 0.704. The van der Waals surface area contributed by atoms with Crippen LogP contribution in [0.3, 0.4) is 0 Å². The second kappa shape index (κ2) is 6.29. The lowest BCUT2D eigenvalue weighted by atomic mass is 10.5. The molecule has 0 saturated heterocycles. The van der Waals surface area contributed by atoms with Crippen LogP contribution in [-0.2, 0) is 19.4 Å². The summed E-state index contributed by atoms with van der Waals surface area (Å²) in [6.07, 6.45) is 1.18. The Morgan fingerprint density at radius 1 is 1.50 bits per heavy atom. The van der Waals surface area contributed by atoms with Gasteiger partial charge in [0.15, 0.2) is 0 Å². The van der Waals surface area contributed by atoms with Crippen molar-refractivity contribution in [3.63, 3.8) is 0 Å². The van der Waals surface area contributed by atoms with Gasteiger partial charge in [-0.2, -0.15) is 0 Å². The maximum atomic E-state index is 11.1. The Morgan fingerprint density at radius 3 is 2.50 bits per heavy atom. The van der Waals surface area contributed by atoms with Gasteiger partial charge in [-0.05, 0) is 13.8 Å². The third kappa shape index (κ3) is 7.20. The Balaban J connectivity index is 3.74. The lowest BCUT2D eigenvalue weighted by Crippen LogP contribution is -2.18. The minimum absolute atomic E-state index is 0.0986. The molecule has 1 atom stereocenters. The second-order valence-electron chi connectivity index (χ2n) is 2.89. The average molecular weight is 240 g/mol. The fraction of sp³-hybridized carbons (Fsp3) is 0.875. The molecule has 14 heavy (non-hydrogen) atoms. The molecule has 0 saturated carbocycles. The predicted molar refractivity (Wildman–Crippen MR) is 58.3 cm³/mol. The van der Waals surface area contributed by atoms with Gasteiger partial charge in [0.25, 0.3) is 0 Å². The van der Waals surface area contributed by atoms with E-state index in [2.05, 4.69) is 0 Å². The first-order valence-electron chi connectivity index (χ1n) is 4.32. The van der Waals surface area contributed by atoms with Gasteiger partial charge in [0.1, 0.15) is 9.84 Å². The highest BCUT2D eigenvalue weighted by Crippen LogP contribution is 2.12. The first-order valence-corrected chi connectivity index (χ1v) is 7.43. The third-order valence-electron chi connectivity index (χ3n) is 1.44. The van der Waals surface area contributed by atoms with E-state index in [-0.39, 0.29) is 17.0 Å². The maximum Gasteiger partial charge on any atom is 0.318 e. The van der Waals surface area contributed by atoms with Crippen LogP contribution in [0.4, 0.5) is 0 Å². The summed E-state index contributed by atoms with van der Waals surface area (Å²) in [6.45, 7) is 3.81. The second-order valence-corrected chi connectivity index (χ2v) is 6.60. The number of hydrogen-bond acceptors (Lipinski definition) is 5. The number of thioether (sulfide) groups is 1. The number of ether oxygens (including phenoxy) is 1. The van der Waals surface area contributed by atoms with E-state index in [1.807, 2.05) is 0 Å². The predicted octanol–water partition coefficient (Wildman–Crippen LogP) is 0.716. The van der Waals surface area contributed by atoms with Gasteiger partial charge in [-0.3, -0.25) is 4.79 Å². The van der Waals surface area contributed by atoms with Crippen LogP contribution >= 0.6 is 11.8 Å². The van der Waals surface area contributed by atoms with Gasteiger partial charge in [0.2, 0.25) is 0 Å². The van der Waals surface area contributed by atoms with Crippen LogP contribution in [0, 0.1) is 0 Å². The fourth-order valence-corrected chi connectivity index (χ4v) is 2.86. The van der Waals surface area contributed by atoms with Crippen molar-refractivity contribution in [1.29, 1.82) is 0 Å². The van der Waals surface area contributed by atoms with Crippen LogP contribution in [0.2, 0.25) is 0 Å². The molecular weight excluding hydrogens is 224 g/mol. The van der Waals surface area contributed by atoms with Gasteiger partial charge in [0.05, 0.1) is 17.6 Å². The van der Waals surface area contributed by atoms with E-state index in [1.165, 1.54) is 18.0 Å². The van der Waals surface area contributed by atoms with Crippen molar-refractivity contribution in [2.45, 2.75) is 19.1 Å². The van der Waals surface area contributed by atoms with Crippen LogP contribution in [-0.4, -0.2) is 44.0 Å². The first-order chi connectivity index (χ1) is 6.37. The lowest BCUT2D eigenvalue weighted by molar-refractivity contribution is -0.142. The Bertz CT molecular complexity index is 271. The standard InChI is InChI=1S/C8H16O4S2/c1-4-12-8(9)7(2)13-5-6-14(3,10)11/h7H,4-6H2,1-3H3. The monoisotopic (exact) mass is 240 g/mol. The summed E-state index contributed by atoms with van der Waals surface area (Å²) in [5.41, 5.74) is 0. The zero-order valence-corrected chi connectivity index (χ0v) is 10.3. The van der Waals surface area contributed by atoms with Crippen molar-refractivity contribution >= 4 is 27.6 Å². The van der Waals surface area contributed by atoms with Crippen LogP contribution in [0.15, 0.2) is 0 Å². The van der Waals surface area contributed by atoms with Crippen molar-refractivity contribution in [1.82, 2.24) is 0 Å². The molecule has 0 spiro atoms. The first kappa shape index (κ1) is 13.8. The van der Waals surface area contributed by atoms with Gasteiger partial charge < -0.3 is 4.74 Å². The van der Waals surface area contributed by atoms with Crippen molar-refractivity contribution < 1.29 is 17.9 Å². The number of sulfone groups is 1. The third-order valence-corrected chi connectivity index (χ3v) is 3.78. The Morgan fingerprint density at radius 2 is 2.07 bits per heavy atom. The van der Waals surface area contributed by atoms with E-state index in [9.17, 15) is 13.2 Å². The zero-order valence-electron chi connectivity index (χ0n) is 8.65. The molecular formula is C8H16O4S2. The Hall–Kier alpha value is -0.230. The molecule has 0 heterocycles. The van der Waals surface area contributed by atoms with Gasteiger partial charge >= 0.3 is 5.97 Å². The molecule has 0 aromatic rings. The van der Waals surface area contributed by atoms with Crippen LogP contribution in [0.1, 0.15) is 13.8 Å². The molecule has 6 heteroatoms. The van der Waals surface area contributed by atoms with Crippen LogP contribution in [0.5, 0.6) is 0 Å². The normalized spacial score (nSPS) is 13.6. The highest BCUT2D eigenvalue weighted by Gasteiger charge is 2.14. The maximum absolute atomic E-state index is 11.1. The summed E-state index contributed by atoms with van der Waals surface area (Å²) < 4.78 is 26.3. The molecule has 1 unspecified atom stereocenters. The molecule has 0 aliphatic carbocycles. The van der Waals surface area contributed by atoms with Crippen molar-refractivity contribution in [3.8, 4) is 0 Å². The summed E-state index contributed by atoms with van der Waals surface area (Å²) in [7, 11) is -2.93. The van der Waals surface area contributed by atoms with Crippen LogP contribution in [0.25, 0.3) is 0 Å². The van der Waals surface area contributed by atoms with E-state index < -0.39 is 9.84 Å². The molecule has 84 valence electrons.